The first kappa shape index (κ1) is 14.4. The lowest BCUT2D eigenvalue weighted by Crippen LogP contribution is -2.20. The normalized spacial score (nSPS) is 18.7. The van der Waals surface area contributed by atoms with E-state index in [4.69, 9.17) is 4.98 Å². The van der Waals surface area contributed by atoms with Gasteiger partial charge in [0.2, 0.25) is 0 Å². The molecule has 0 aliphatic carbocycles. The number of hydrogen-bond donors (Lipinski definition) is 0. The quantitative estimate of drug-likeness (QED) is 0.741. The molecule has 0 radical (unpaired) electrons. The lowest BCUT2D eigenvalue weighted by Gasteiger charge is -2.14. The Bertz CT molecular complexity index is 793. The van der Waals surface area contributed by atoms with E-state index >= 15 is 0 Å². The van der Waals surface area contributed by atoms with Crippen LogP contribution in [-0.4, -0.2) is 39.1 Å². The zero-order chi connectivity index (χ0) is 15.6. The Morgan fingerprint density at radius 3 is 2.78 bits per heavy atom. The van der Waals surface area contributed by atoms with Crippen LogP contribution < -0.4 is 0 Å². The largest absolute Gasteiger partial charge is 0.303 e. The second-order valence-corrected chi connectivity index (χ2v) is 6.30. The van der Waals surface area contributed by atoms with Crippen molar-refractivity contribution in [1.29, 1.82) is 0 Å². The van der Waals surface area contributed by atoms with Gasteiger partial charge >= 0.3 is 0 Å². The Labute approximate surface area is 136 Å². The summed E-state index contributed by atoms with van der Waals surface area (Å²) in [5.74, 6) is 1.82. The monoisotopic (exact) mass is 306 g/mol. The Morgan fingerprint density at radius 1 is 1.13 bits per heavy atom. The number of aromatic nitrogens is 3. The molecule has 0 spiro atoms. The third-order valence-corrected chi connectivity index (χ3v) is 4.79. The maximum Gasteiger partial charge on any atom is 0.164 e. The summed E-state index contributed by atoms with van der Waals surface area (Å²) in [5, 5.41) is 0. The molecule has 0 saturated carbocycles. The zero-order valence-corrected chi connectivity index (χ0v) is 13.5. The summed E-state index contributed by atoms with van der Waals surface area (Å²) >= 11 is 0. The number of benzene rings is 1. The van der Waals surface area contributed by atoms with Crippen molar-refractivity contribution in [2.45, 2.75) is 19.8 Å². The standard InChI is InChI=1S/C19H22N4/c1-2-22-12-10-15(14-22)13-18-21-17-9-6-11-20-19(17)23(18)16-7-4-3-5-8-16/h3-9,11,15H,2,10,12-14H2,1H3. The fourth-order valence-corrected chi connectivity index (χ4v) is 3.57. The van der Waals surface area contributed by atoms with Crippen LogP contribution in [0.3, 0.4) is 0 Å². The van der Waals surface area contributed by atoms with Crippen molar-refractivity contribution in [3.8, 4) is 5.69 Å². The summed E-state index contributed by atoms with van der Waals surface area (Å²) < 4.78 is 2.23. The number of hydrogen-bond acceptors (Lipinski definition) is 3. The fraction of sp³-hybridized carbons (Fsp3) is 0.368. The molecule has 3 heterocycles. The van der Waals surface area contributed by atoms with Crippen LogP contribution in [0.4, 0.5) is 0 Å². The molecule has 1 aromatic carbocycles. The first-order chi connectivity index (χ1) is 11.3. The van der Waals surface area contributed by atoms with Gasteiger partial charge in [-0.05, 0) is 49.7 Å². The van der Waals surface area contributed by atoms with Crippen LogP contribution in [0.25, 0.3) is 16.9 Å². The van der Waals surface area contributed by atoms with Gasteiger partial charge in [0, 0.05) is 24.8 Å². The summed E-state index contributed by atoms with van der Waals surface area (Å²) in [5.41, 5.74) is 3.09. The van der Waals surface area contributed by atoms with Crippen molar-refractivity contribution in [2.24, 2.45) is 5.92 Å². The molecule has 1 aliphatic heterocycles. The molecule has 1 aliphatic rings. The van der Waals surface area contributed by atoms with Gasteiger partial charge in [-0.15, -0.1) is 0 Å². The van der Waals surface area contributed by atoms with E-state index in [0.29, 0.717) is 5.92 Å². The molecule has 0 bridgehead atoms. The van der Waals surface area contributed by atoms with Gasteiger partial charge < -0.3 is 4.90 Å². The second-order valence-electron chi connectivity index (χ2n) is 6.30. The average Bonchev–Trinajstić information content (AvgIpc) is 3.19. The van der Waals surface area contributed by atoms with Crippen LogP contribution >= 0.6 is 0 Å². The van der Waals surface area contributed by atoms with Gasteiger partial charge in [-0.25, -0.2) is 9.97 Å². The number of likely N-dealkylation sites (tertiary alicyclic amines) is 1. The predicted octanol–water partition coefficient (Wildman–Crippen LogP) is 3.30. The highest BCUT2D eigenvalue weighted by molar-refractivity contribution is 5.73. The average molecular weight is 306 g/mol. The molecule has 1 saturated heterocycles. The molecule has 4 rings (SSSR count). The van der Waals surface area contributed by atoms with E-state index in [1.807, 2.05) is 18.3 Å². The van der Waals surface area contributed by atoms with Gasteiger partial charge in [0.05, 0.1) is 0 Å². The van der Waals surface area contributed by atoms with Gasteiger partial charge in [-0.2, -0.15) is 0 Å². The van der Waals surface area contributed by atoms with Crippen LogP contribution in [0.5, 0.6) is 0 Å². The van der Waals surface area contributed by atoms with E-state index in [0.717, 1.165) is 35.6 Å². The van der Waals surface area contributed by atoms with Crippen LogP contribution in [-0.2, 0) is 6.42 Å². The second kappa shape index (κ2) is 6.13. The van der Waals surface area contributed by atoms with Gasteiger partial charge in [0.25, 0.3) is 0 Å². The molecule has 1 unspecified atom stereocenters. The highest BCUT2D eigenvalue weighted by Crippen LogP contribution is 2.25. The Kier molecular flexibility index (Phi) is 3.83. The minimum absolute atomic E-state index is 0.689. The zero-order valence-electron chi connectivity index (χ0n) is 13.5. The summed E-state index contributed by atoms with van der Waals surface area (Å²) in [7, 11) is 0. The fourth-order valence-electron chi connectivity index (χ4n) is 3.57. The lowest BCUT2D eigenvalue weighted by molar-refractivity contribution is 0.340. The Balaban J connectivity index is 1.74. The maximum absolute atomic E-state index is 4.89. The topological polar surface area (TPSA) is 34.0 Å². The van der Waals surface area contributed by atoms with E-state index in [2.05, 4.69) is 51.7 Å². The predicted molar refractivity (Wildman–Crippen MR) is 92.8 cm³/mol. The summed E-state index contributed by atoms with van der Waals surface area (Å²) in [6, 6.07) is 14.5. The number of fused-ring (bicyclic) bond motifs is 1. The van der Waals surface area contributed by atoms with Gasteiger partial charge in [0.1, 0.15) is 11.3 Å². The molecule has 2 aromatic heterocycles. The Morgan fingerprint density at radius 2 is 2.00 bits per heavy atom. The van der Waals surface area contributed by atoms with Crippen molar-refractivity contribution in [3.63, 3.8) is 0 Å². The number of nitrogens with zero attached hydrogens (tertiary/aromatic N) is 4. The summed E-state index contributed by atoms with van der Waals surface area (Å²) in [4.78, 5) is 12.0. The van der Waals surface area contributed by atoms with Gasteiger partial charge in [-0.1, -0.05) is 25.1 Å². The number of rotatable bonds is 4. The third kappa shape index (κ3) is 2.75. The van der Waals surface area contributed by atoms with Crippen molar-refractivity contribution in [2.75, 3.05) is 19.6 Å². The van der Waals surface area contributed by atoms with Gasteiger partial charge in [0.15, 0.2) is 5.65 Å². The van der Waals surface area contributed by atoms with Crippen LogP contribution in [0, 0.1) is 5.92 Å². The Hall–Kier alpha value is -2.20. The van der Waals surface area contributed by atoms with Crippen LogP contribution in [0.1, 0.15) is 19.2 Å². The van der Waals surface area contributed by atoms with Gasteiger partial charge in [-0.3, -0.25) is 4.57 Å². The molecule has 1 atom stereocenters. The molecule has 1 fully saturated rings. The highest BCUT2D eigenvalue weighted by atomic mass is 15.2. The third-order valence-electron chi connectivity index (χ3n) is 4.79. The first-order valence-corrected chi connectivity index (χ1v) is 8.45. The molecular weight excluding hydrogens is 284 g/mol. The van der Waals surface area contributed by atoms with Crippen molar-refractivity contribution in [1.82, 2.24) is 19.4 Å². The molecule has 4 heteroatoms. The van der Waals surface area contributed by atoms with E-state index in [-0.39, 0.29) is 0 Å². The SMILES string of the molecule is CCN1CCC(Cc2nc3cccnc3n2-c2ccccc2)C1. The van der Waals surface area contributed by atoms with E-state index in [1.54, 1.807) is 0 Å². The molecule has 0 N–H and O–H groups in total. The number of imidazole rings is 1. The molecule has 4 nitrogen and oxygen atoms in total. The van der Waals surface area contributed by atoms with E-state index < -0.39 is 0 Å². The van der Waals surface area contributed by atoms with Crippen LogP contribution in [0.2, 0.25) is 0 Å². The summed E-state index contributed by atoms with van der Waals surface area (Å²) in [6.45, 7) is 5.78. The molecule has 0 amide bonds. The van der Waals surface area contributed by atoms with E-state index in [1.165, 1.54) is 19.5 Å². The minimum Gasteiger partial charge on any atom is -0.303 e. The number of pyridine rings is 1. The summed E-state index contributed by atoms with van der Waals surface area (Å²) in [6.07, 6.45) is 4.13. The van der Waals surface area contributed by atoms with Crippen molar-refractivity contribution < 1.29 is 0 Å². The highest BCUT2D eigenvalue weighted by Gasteiger charge is 2.24. The smallest absolute Gasteiger partial charge is 0.164 e. The van der Waals surface area contributed by atoms with Crippen molar-refractivity contribution in [3.05, 3.63) is 54.5 Å². The van der Waals surface area contributed by atoms with E-state index in [9.17, 15) is 0 Å². The molecule has 3 aromatic rings. The number of para-hydroxylation sites is 1. The molecule has 23 heavy (non-hydrogen) atoms. The maximum atomic E-state index is 4.89. The molecular formula is C19H22N4. The van der Waals surface area contributed by atoms with Crippen LogP contribution in [0.15, 0.2) is 48.7 Å². The lowest BCUT2D eigenvalue weighted by atomic mass is 10.0. The first-order valence-electron chi connectivity index (χ1n) is 8.45. The minimum atomic E-state index is 0.689. The molecule has 118 valence electrons. The van der Waals surface area contributed by atoms with Crippen molar-refractivity contribution >= 4 is 11.2 Å².